The SMILES string of the molecule is Nc1cc(-c2ccccc2OC2CCOC2)[nH]n1. The van der Waals surface area contributed by atoms with Crippen LogP contribution in [-0.2, 0) is 4.74 Å². The van der Waals surface area contributed by atoms with Gasteiger partial charge in [-0.05, 0) is 12.1 Å². The smallest absolute Gasteiger partial charge is 0.145 e. The molecule has 0 aliphatic carbocycles. The summed E-state index contributed by atoms with van der Waals surface area (Å²) in [7, 11) is 0. The van der Waals surface area contributed by atoms with Crippen molar-refractivity contribution in [1.82, 2.24) is 10.2 Å². The Kier molecular flexibility index (Phi) is 2.90. The highest BCUT2D eigenvalue weighted by atomic mass is 16.5. The van der Waals surface area contributed by atoms with Gasteiger partial charge in [-0.2, -0.15) is 5.10 Å². The van der Waals surface area contributed by atoms with Gasteiger partial charge >= 0.3 is 0 Å². The van der Waals surface area contributed by atoms with Crippen molar-refractivity contribution in [2.75, 3.05) is 18.9 Å². The van der Waals surface area contributed by atoms with E-state index in [1.807, 2.05) is 24.3 Å². The summed E-state index contributed by atoms with van der Waals surface area (Å²) in [4.78, 5) is 0. The highest BCUT2D eigenvalue weighted by Gasteiger charge is 2.19. The Hall–Kier alpha value is -2.01. The van der Waals surface area contributed by atoms with E-state index in [1.54, 1.807) is 6.07 Å². The molecule has 3 rings (SSSR count). The lowest BCUT2D eigenvalue weighted by molar-refractivity contribution is 0.141. The molecule has 1 fully saturated rings. The quantitative estimate of drug-likeness (QED) is 0.865. The van der Waals surface area contributed by atoms with E-state index in [9.17, 15) is 0 Å². The molecule has 2 aromatic rings. The number of H-pyrrole nitrogens is 1. The van der Waals surface area contributed by atoms with Crippen LogP contribution in [0.2, 0.25) is 0 Å². The summed E-state index contributed by atoms with van der Waals surface area (Å²) in [6.07, 6.45) is 1.06. The number of nitrogens with one attached hydrogen (secondary N) is 1. The summed E-state index contributed by atoms with van der Waals surface area (Å²) in [6.45, 7) is 1.42. The Morgan fingerprint density at radius 2 is 2.28 bits per heavy atom. The van der Waals surface area contributed by atoms with Crippen LogP contribution in [0.25, 0.3) is 11.3 Å². The minimum Gasteiger partial charge on any atom is -0.487 e. The predicted molar refractivity (Wildman–Crippen MR) is 68.3 cm³/mol. The minimum atomic E-state index is 0.131. The second kappa shape index (κ2) is 4.70. The number of aromatic nitrogens is 2. The van der Waals surface area contributed by atoms with Crippen LogP contribution in [0.4, 0.5) is 5.82 Å². The molecule has 5 nitrogen and oxygen atoms in total. The summed E-state index contributed by atoms with van der Waals surface area (Å²) >= 11 is 0. The Morgan fingerprint density at radius 3 is 3.00 bits per heavy atom. The molecule has 1 atom stereocenters. The third-order valence-corrected chi connectivity index (χ3v) is 2.96. The summed E-state index contributed by atoms with van der Waals surface area (Å²) in [6, 6.07) is 9.65. The first-order chi connectivity index (χ1) is 8.83. The lowest BCUT2D eigenvalue weighted by Gasteiger charge is -2.14. The Morgan fingerprint density at radius 1 is 1.39 bits per heavy atom. The van der Waals surface area contributed by atoms with Crippen molar-refractivity contribution in [3.8, 4) is 17.0 Å². The molecule has 0 radical (unpaired) electrons. The Labute approximate surface area is 105 Å². The van der Waals surface area contributed by atoms with E-state index in [2.05, 4.69) is 10.2 Å². The first-order valence-corrected chi connectivity index (χ1v) is 5.97. The summed E-state index contributed by atoms with van der Waals surface area (Å²) in [5.41, 5.74) is 7.46. The number of rotatable bonds is 3. The second-order valence-corrected chi connectivity index (χ2v) is 4.31. The van der Waals surface area contributed by atoms with E-state index in [4.69, 9.17) is 15.2 Å². The van der Waals surface area contributed by atoms with E-state index in [-0.39, 0.29) is 6.10 Å². The molecule has 1 unspecified atom stereocenters. The van der Waals surface area contributed by atoms with Crippen molar-refractivity contribution in [2.45, 2.75) is 12.5 Å². The van der Waals surface area contributed by atoms with Crippen molar-refractivity contribution in [3.05, 3.63) is 30.3 Å². The lowest BCUT2D eigenvalue weighted by Crippen LogP contribution is -2.16. The summed E-state index contributed by atoms with van der Waals surface area (Å²) in [5.74, 6) is 1.31. The zero-order valence-electron chi connectivity index (χ0n) is 9.93. The van der Waals surface area contributed by atoms with Gasteiger partial charge in [0.25, 0.3) is 0 Å². The number of hydrogen-bond acceptors (Lipinski definition) is 4. The molecule has 1 aromatic heterocycles. The van der Waals surface area contributed by atoms with Crippen molar-refractivity contribution in [2.24, 2.45) is 0 Å². The monoisotopic (exact) mass is 245 g/mol. The van der Waals surface area contributed by atoms with E-state index < -0.39 is 0 Å². The third-order valence-electron chi connectivity index (χ3n) is 2.96. The van der Waals surface area contributed by atoms with E-state index in [0.717, 1.165) is 30.0 Å². The number of aromatic amines is 1. The van der Waals surface area contributed by atoms with Gasteiger partial charge in [-0.1, -0.05) is 12.1 Å². The number of nitrogens with zero attached hydrogens (tertiary/aromatic N) is 1. The molecule has 0 amide bonds. The number of nitrogens with two attached hydrogens (primary N) is 1. The molecule has 1 aliphatic heterocycles. The van der Waals surface area contributed by atoms with Crippen LogP contribution in [0.5, 0.6) is 5.75 Å². The van der Waals surface area contributed by atoms with Gasteiger partial charge in [-0.25, -0.2) is 0 Å². The topological polar surface area (TPSA) is 73.2 Å². The Balaban J connectivity index is 1.89. The van der Waals surface area contributed by atoms with Crippen molar-refractivity contribution in [1.29, 1.82) is 0 Å². The Bertz CT molecular complexity index is 533. The normalized spacial score (nSPS) is 19.0. The van der Waals surface area contributed by atoms with Gasteiger partial charge in [0.1, 0.15) is 17.7 Å². The van der Waals surface area contributed by atoms with Crippen LogP contribution in [0.1, 0.15) is 6.42 Å². The maximum absolute atomic E-state index is 5.96. The van der Waals surface area contributed by atoms with Crippen LogP contribution >= 0.6 is 0 Å². The second-order valence-electron chi connectivity index (χ2n) is 4.31. The summed E-state index contributed by atoms with van der Waals surface area (Å²) in [5, 5.41) is 6.84. The van der Waals surface area contributed by atoms with Gasteiger partial charge in [-0.15, -0.1) is 0 Å². The van der Waals surface area contributed by atoms with Crippen LogP contribution in [0.15, 0.2) is 30.3 Å². The zero-order chi connectivity index (χ0) is 12.4. The number of ether oxygens (including phenoxy) is 2. The van der Waals surface area contributed by atoms with Gasteiger partial charge < -0.3 is 15.2 Å². The molecule has 94 valence electrons. The number of hydrogen-bond donors (Lipinski definition) is 2. The standard InChI is InChI=1S/C13H15N3O2/c14-13-7-11(15-16-13)10-3-1-2-4-12(10)18-9-5-6-17-8-9/h1-4,7,9H,5-6,8H2,(H3,14,15,16). The fourth-order valence-corrected chi connectivity index (χ4v) is 2.05. The maximum atomic E-state index is 5.96. The van der Waals surface area contributed by atoms with Crippen LogP contribution in [-0.4, -0.2) is 29.5 Å². The average molecular weight is 245 g/mol. The molecule has 5 heteroatoms. The molecule has 1 aliphatic rings. The average Bonchev–Trinajstić information content (AvgIpc) is 3.02. The number of nitrogen functional groups attached to an aromatic ring is 1. The molecule has 18 heavy (non-hydrogen) atoms. The molecule has 0 saturated carbocycles. The van der Waals surface area contributed by atoms with Gasteiger partial charge in [0.2, 0.25) is 0 Å². The van der Waals surface area contributed by atoms with Crippen LogP contribution in [0.3, 0.4) is 0 Å². The molecular weight excluding hydrogens is 230 g/mol. The third kappa shape index (κ3) is 2.17. The molecule has 3 N–H and O–H groups in total. The van der Waals surface area contributed by atoms with Crippen molar-refractivity contribution >= 4 is 5.82 Å². The molecule has 2 heterocycles. The first-order valence-electron chi connectivity index (χ1n) is 5.97. The fraction of sp³-hybridized carbons (Fsp3) is 0.308. The number of benzene rings is 1. The minimum absolute atomic E-state index is 0.131. The number of anilines is 1. The van der Waals surface area contributed by atoms with E-state index in [1.165, 1.54) is 0 Å². The van der Waals surface area contributed by atoms with Gasteiger partial charge in [0.15, 0.2) is 0 Å². The van der Waals surface area contributed by atoms with Gasteiger partial charge in [0.05, 0.1) is 18.9 Å². The molecule has 1 aromatic carbocycles. The summed E-state index contributed by atoms with van der Waals surface area (Å²) < 4.78 is 11.3. The van der Waals surface area contributed by atoms with Crippen LogP contribution in [0, 0.1) is 0 Å². The fourth-order valence-electron chi connectivity index (χ4n) is 2.05. The van der Waals surface area contributed by atoms with Gasteiger partial charge in [0, 0.05) is 18.1 Å². The van der Waals surface area contributed by atoms with E-state index in [0.29, 0.717) is 12.4 Å². The maximum Gasteiger partial charge on any atom is 0.145 e. The molecular formula is C13H15N3O2. The molecule has 1 saturated heterocycles. The molecule has 0 bridgehead atoms. The van der Waals surface area contributed by atoms with E-state index >= 15 is 0 Å². The zero-order valence-corrected chi connectivity index (χ0v) is 9.93. The lowest BCUT2D eigenvalue weighted by atomic mass is 10.1. The van der Waals surface area contributed by atoms with Crippen molar-refractivity contribution < 1.29 is 9.47 Å². The highest BCUT2D eigenvalue weighted by molar-refractivity contribution is 5.68. The largest absolute Gasteiger partial charge is 0.487 e. The number of para-hydroxylation sites is 1. The highest BCUT2D eigenvalue weighted by Crippen LogP contribution is 2.30. The molecule has 0 spiro atoms. The van der Waals surface area contributed by atoms with Crippen molar-refractivity contribution in [3.63, 3.8) is 0 Å². The van der Waals surface area contributed by atoms with Crippen LogP contribution < -0.4 is 10.5 Å². The first kappa shape index (κ1) is 11.1. The predicted octanol–water partition coefficient (Wildman–Crippen LogP) is 1.83. The van der Waals surface area contributed by atoms with Gasteiger partial charge in [-0.3, -0.25) is 5.10 Å².